The van der Waals surface area contributed by atoms with Gasteiger partial charge in [-0.15, -0.1) is 0 Å². The number of halogens is 1. The lowest BCUT2D eigenvalue weighted by Gasteiger charge is -2.32. The quantitative estimate of drug-likeness (QED) is 0.357. The van der Waals surface area contributed by atoms with Crippen LogP contribution in [0.5, 0.6) is 5.75 Å². The molecule has 0 radical (unpaired) electrons. The van der Waals surface area contributed by atoms with E-state index in [1.165, 1.54) is 17.0 Å². The van der Waals surface area contributed by atoms with E-state index in [0.29, 0.717) is 5.75 Å². The SMILES string of the molecule is COc1ccc(CN(C(=O)CN(c2ccccc2Cl)S(=O)(=O)c2ccc(C)cc2)[C@H](C)C(=O)NC(C)C)cc1. The number of methoxy groups -OCH3 is 1. The van der Waals surface area contributed by atoms with Crippen LogP contribution in [0, 0.1) is 6.92 Å². The Morgan fingerprint density at radius 3 is 2.13 bits per heavy atom. The second-order valence-electron chi connectivity index (χ2n) is 9.49. The van der Waals surface area contributed by atoms with Gasteiger partial charge in [0, 0.05) is 12.6 Å². The average Bonchev–Trinajstić information content (AvgIpc) is 2.90. The molecule has 0 aliphatic heterocycles. The number of para-hydroxylation sites is 1. The molecule has 1 atom stereocenters. The van der Waals surface area contributed by atoms with Gasteiger partial charge in [0.25, 0.3) is 10.0 Å². The Morgan fingerprint density at radius 2 is 1.56 bits per heavy atom. The van der Waals surface area contributed by atoms with Crippen LogP contribution in [0.2, 0.25) is 5.02 Å². The minimum Gasteiger partial charge on any atom is -0.497 e. The monoisotopic (exact) mass is 571 g/mol. The fourth-order valence-corrected chi connectivity index (χ4v) is 5.64. The number of carbonyl (C=O) groups is 2. The Hall–Kier alpha value is -3.56. The number of sulfonamides is 1. The van der Waals surface area contributed by atoms with Gasteiger partial charge in [-0.1, -0.05) is 53.6 Å². The van der Waals surface area contributed by atoms with Gasteiger partial charge in [-0.3, -0.25) is 13.9 Å². The van der Waals surface area contributed by atoms with Crippen molar-refractivity contribution in [2.24, 2.45) is 0 Å². The Kier molecular flexibility index (Phi) is 9.99. The lowest BCUT2D eigenvalue weighted by Crippen LogP contribution is -2.52. The minimum atomic E-state index is -4.18. The first-order valence-corrected chi connectivity index (χ1v) is 14.3. The first kappa shape index (κ1) is 30.0. The summed E-state index contributed by atoms with van der Waals surface area (Å²) in [5.41, 5.74) is 1.81. The molecule has 3 aromatic rings. The molecule has 0 aromatic heterocycles. The summed E-state index contributed by atoms with van der Waals surface area (Å²) in [5, 5.41) is 3.01. The maximum absolute atomic E-state index is 13.9. The standard InChI is InChI=1S/C29H34ClN3O5S/c1-20(2)31-29(35)22(4)32(18-23-12-14-24(38-5)15-13-23)28(34)19-33(27-9-7-6-8-26(27)30)39(36,37)25-16-10-21(3)11-17-25/h6-17,20,22H,18-19H2,1-5H3,(H,31,35)/t22-/m1/s1. The van der Waals surface area contributed by atoms with Gasteiger partial charge in [0.05, 0.1) is 22.7 Å². The second-order valence-corrected chi connectivity index (χ2v) is 11.8. The molecule has 0 fully saturated rings. The van der Waals surface area contributed by atoms with Crippen molar-refractivity contribution in [3.8, 4) is 5.75 Å². The topological polar surface area (TPSA) is 96.0 Å². The number of benzene rings is 3. The highest BCUT2D eigenvalue weighted by Gasteiger charge is 2.33. The number of nitrogens with zero attached hydrogens (tertiary/aromatic N) is 2. The van der Waals surface area contributed by atoms with E-state index < -0.39 is 28.5 Å². The van der Waals surface area contributed by atoms with E-state index in [2.05, 4.69) is 5.32 Å². The van der Waals surface area contributed by atoms with E-state index in [-0.39, 0.29) is 34.1 Å². The first-order valence-electron chi connectivity index (χ1n) is 12.5. The van der Waals surface area contributed by atoms with Crippen molar-refractivity contribution in [1.29, 1.82) is 0 Å². The molecule has 39 heavy (non-hydrogen) atoms. The summed E-state index contributed by atoms with van der Waals surface area (Å²) in [6, 6.07) is 18.9. The third-order valence-electron chi connectivity index (χ3n) is 6.12. The third-order valence-corrected chi connectivity index (χ3v) is 8.21. The average molecular weight is 572 g/mol. The number of ether oxygens (including phenoxy) is 1. The molecule has 208 valence electrons. The molecule has 0 spiro atoms. The predicted molar refractivity (Wildman–Crippen MR) is 153 cm³/mol. The van der Waals surface area contributed by atoms with E-state index in [9.17, 15) is 18.0 Å². The number of aryl methyl sites for hydroxylation is 1. The van der Waals surface area contributed by atoms with Crippen LogP contribution < -0.4 is 14.4 Å². The van der Waals surface area contributed by atoms with Gasteiger partial charge in [0.2, 0.25) is 11.8 Å². The van der Waals surface area contributed by atoms with Crippen molar-refractivity contribution in [3.63, 3.8) is 0 Å². The van der Waals surface area contributed by atoms with Crippen molar-refractivity contribution in [1.82, 2.24) is 10.2 Å². The van der Waals surface area contributed by atoms with E-state index >= 15 is 0 Å². The van der Waals surface area contributed by atoms with E-state index in [1.807, 2.05) is 20.8 Å². The normalized spacial score (nSPS) is 12.1. The third kappa shape index (κ3) is 7.52. The molecule has 8 nitrogen and oxygen atoms in total. The molecule has 3 rings (SSSR count). The number of anilines is 1. The summed E-state index contributed by atoms with van der Waals surface area (Å²) in [6.45, 7) is 6.65. The van der Waals surface area contributed by atoms with E-state index in [4.69, 9.17) is 16.3 Å². The molecular weight excluding hydrogens is 538 g/mol. The fraction of sp³-hybridized carbons (Fsp3) is 0.310. The molecule has 2 amide bonds. The van der Waals surface area contributed by atoms with Gasteiger partial charge >= 0.3 is 0 Å². The Morgan fingerprint density at radius 1 is 0.949 bits per heavy atom. The van der Waals surface area contributed by atoms with Gasteiger partial charge < -0.3 is 15.0 Å². The summed E-state index contributed by atoms with van der Waals surface area (Å²) >= 11 is 6.42. The number of amides is 2. The Bertz CT molecular complexity index is 1390. The molecular formula is C29H34ClN3O5S. The van der Waals surface area contributed by atoms with Gasteiger partial charge in [0.15, 0.2) is 0 Å². The van der Waals surface area contributed by atoms with Crippen LogP contribution in [0.15, 0.2) is 77.7 Å². The van der Waals surface area contributed by atoms with Crippen molar-refractivity contribution >= 4 is 39.1 Å². The lowest BCUT2D eigenvalue weighted by atomic mass is 10.1. The predicted octanol–water partition coefficient (Wildman–Crippen LogP) is 4.79. The molecule has 0 aliphatic rings. The van der Waals surface area contributed by atoms with Crippen LogP contribution >= 0.6 is 11.6 Å². The molecule has 1 N–H and O–H groups in total. The zero-order valence-electron chi connectivity index (χ0n) is 22.7. The van der Waals surface area contributed by atoms with Gasteiger partial charge in [0.1, 0.15) is 18.3 Å². The van der Waals surface area contributed by atoms with Gasteiger partial charge in [-0.05, 0) is 69.7 Å². The van der Waals surface area contributed by atoms with Crippen molar-refractivity contribution in [2.75, 3.05) is 18.0 Å². The van der Waals surface area contributed by atoms with Crippen molar-refractivity contribution < 1.29 is 22.7 Å². The Labute approximate surface area is 235 Å². The lowest BCUT2D eigenvalue weighted by molar-refractivity contribution is -0.139. The van der Waals surface area contributed by atoms with Crippen LogP contribution in [0.1, 0.15) is 31.9 Å². The second kappa shape index (κ2) is 13.0. The van der Waals surface area contributed by atoms with Crippen molar-refractivity contribution in [2.45, 2.75) is 51.2 Å². The highest BCUT2D eigenvalue weighted by Crippen LogP contribution is 2.31. The maximum atomic E-state index is 13.9. The Balaban J connectivity index is 2.03. The van der Waals surface area contributed by atoms with Gasteiger partial charge in [-0.2, -0.15) is 0 Å². The molecule has 0 bridgehead atoms. The molecule has 0 heterocycles. The van der Waals surface area contributed by atoms with Crippen LogP contribution in [0.25, 0.3) is 0 Å². The summed E-state index contributed by atoms with van der Waals surface area (Å²) in [5.74, 6) is -0.262. The van der Waals surface area contributed by atoms with Crippen LogP contribution in [-0.4, -0.2) is 50.9 Å². The molecule has 0 saturated carbocycles. The molecule has 0 unspecified atom stereocenters. The summed E-state index contributed by atoms with van der Waals surface area (Å²) in [7, 11) is -2.63. The fourth-order valence-electron chi connectivity index (χ4n) is 3.92. The van der Waals surface area contributed by atoms with E-state index in [0.717, 1.165) is 15.4 Å². The molecule has 0 saturated heterocycles. The molecule has 3 aromatic carbocycles. The largest absolute Gasteiger partial charge is 0.497 e. The van der Waals surface area contributed by atoms with Crippen LogP contribution in [-0.2, 0) is 26.2 Å². The first-order chi connectivity index (χ1) is 18.4. The molecule has 0 aliphatic carbocycles. The number of nitrogens with one attached hydrogen (secondary N) is 1. The summed E-state index contributed by atoms with van der Waals surface area (Å²) in [4.78, 5) is 28.3. The number of carbonyl (C=O) groups excluding carboxylic acids is 2. The van der Waals surface area contributed by atoms with E-state index in [1.54, 1.807) is 74.7 Å². The van der Waals surface area contributed by atoms with Crippen LogP contribution in [0.4, 0.5) is 5.69 Å². The van der Waals surface area contributed by atoms with Gasteiger partial charge in [-0.25, -0.2) is 8.42 Å². The number of hydrogen-bond acceptors (Lipinski definition) is 5. The number of hydrogen-bond donors (Lipinski definition) is 1. The zero-order chi connectivity index (χ0) is 28.7. The van der Waals surface area contributed by atoms with Crippen molar-refractivity contribution in [3.05, 3.63) is 88.9 Å². The zero-order valence-corrected chi connectivity index (χ0v) is 24.3. The summed E-state index contributed by atoms with van der Waals surface area (Å²) in [6.07, 6.45) is 0. The highest BCUT2D eigenvalue weighted by atomic mass is 35.5. The highest BCUT2D eigenvalue weighted by molar-refractivity contribution is 7.92. The minimum absolute atomic E-state index is 0.0214. The maximum Gasteiger partial charge on any atom is 0.264 e. The molecule has 10 heteroatoms. The smallest absolute Gasteiger partial charge is 0.264 e. The summed E-state index contributed by atoms with van der Waals surface area (Å²) < 4.78 is 33.9. The van der Waals surface area contributed by atoms with Crippen LogP contribution in [0.3, 0.4) is 0 Å². The number of rotatable bonds is 11.